The Balaban J connectivity index is 1.14. The first-order chi connectivity index (χ1) is 34.8. The molecule has 0 aliphatic heterocycles. The lowest BCUT2D eigenvalue weighted by Crippen LogP contribution is -2.74. The van der Waals surface area contributed by atoms with Crippen molar-refractivity contribution in [1.29, 1.82) is 0 Å². The molecule has 328 valence electrons. The predicted octanol–water partition coefficient (Wildman–Crippen LogP) is 14.0. The van der Waals surface area contributed by atoms with E-state index in [-0.39, 0.29) is 0 Å². The highest BCUT2D eigenvalue weighted by molar-refractivity contribution is 7.20. The Kier molecular flexibility index (Phi) is 9.23. The minimum atomic E-state index is -2.91. The SMILES string of the molecule is c1ccc(-c2ccccc2-n2c3ccccc3c3ccc(-n4c5cc([Si](c6ccccc6)(c6ccccc6)c6ccccc6)ccc5c5cccc(-n6c7ccccc7c7ccccc76)c54)cc32)cc1. The summed E-state index contributed by atoms with van der Waals surface area (Å²) < 4.78 is 7.56. The van der Waals surface area contributed by atoms with E-state index in [4.69, 9.17) is 0 Å². The van der Waals surface area contributed by atoms with E-state index in [1.54, 1.807) is 0 Å². The molecule has 0 atom stereocenters. The Labute approximate surface area is 407 Å². The van der Waals surface area contributed by atoms with Crippen LogP contribution in [0.2, 0.25) is 0 Å². The summed E-state index contributed by atoms with van der Waals surface area (Å²) in [5.41, 5.74) is 12.8. The van der Waals surface area contributed by atoms with Crippen molar-refractivity contribution in [3.05, 3.63) is 273 Å². The third-order valence-corrected chi connectivity index (χ3v) is 19.6. The number of hydrogen-bond donors (Lipinski definition) is 0. The van der Waals surface area contributed by atoms with Gasteiger partial charge in [0.15, 0.2) is 8.07 Å². The topological polar surface area (TPSA) is 14.8 Å². The zero-order valence-electron chi connectivity index (χ0n) is 38.3. The molecule has 0 spiro atoms. The molecule has 3 nitrogen and oxygen atoms in total. The van der Waals surface area contributed by atoms with Crippen LogP contribution in [0.5, 0.6) is 0 Å². The Morgan fingerprint density at radius 1 is 0.243 bits per heavy atom. The van der Waals surface area contributed by atoms with E-state index in [1.165, 1.54) is 91.8 Å². The Hall–Kier alpha value is -8.96. The first-order valence-electron chi connectivity index (χ1n) is 24.2. The van der Waals surface area contributed by atoms with Gasteiger partial charge in [0.25, 0.3) is 0 Å². The van der Waals surface area contributed by atoms with E-state index < -0.39 is 8.07 Å². The zero-order valence-corrected chi connectivity index (χ0v) is 39.3. The highest BCUT2D eigenvalue weighted by Crippen LogP contribution is 2.42. The van der Waals surface area contributed by atoms with Crippen LogP contribution < -0.4 is 20.7 Å². The molecule has 0 saturated heterocycles. The van der Waals surface area contributed by atoms with Crippen LogP contribution in [0.25, 0.3) is 93.6 Å². The minimum Gasteiger partial charge on any atom is -0.309 e. The molecule has 3 heterocycles. The fourth-order valence-electron chi connectivity index (χ4n) is 11.9. The van der Waals surface area contributed by atoms with E-state index in [1.807, 2.05) is 0 Å². The van der Waals surface area contributed by atoms with Crippen LogP contribution in [-0.2, 0) is 0 Å². The van der Waals surface area contributed by atoms with Crippen molar-refractivity contribution in [1.82, 2.24) is 13.7 Å². The van der Waals surface area contributed by atoms with Crippen LogP contribution in [-0.4, -0.2) is 21.8 Å². The average molecular weight is 908 g/mol. The number of aromatic nitrogens is 3. The van der Waals surface area contributed by atoms with Crippen LogP contribution in [0, 0.1) is 0 Å². The van der Waals surface area contributed by atoms with Gasteiger partial charge in [-0.1, -0.05) is 224 Å². The lowest BCUT2D eigenvalue weighted by molar-refractivity contribution is 1.13. The lowest BCUT2D eigenvalue weighted by Gasteiger charge is -2.34. The zero-order chi connectivity index (χ0) is 46.2. The molecule has 4 heteroatoms. The third-order valence-electron chi connectivity index (χ3n) is 14.8. The molecule has 14 rings (SSSR count). The number of rotatable bonds is 8. The second-order valence-electron chi connectivity index (χ2n) is 18.4. The molecule has 0 saturated carbocycles. The summed E-state index contributed by atoms with van der Waals surface area (Å²) in [5.74, 6) is 0. The number of hydrogen-bond acceptors (Lipinski definition) is 0. The Morgan fingerprint density at radius 2 is 0.657 bits per heavy atom. The summed E-state index contributed by atoms with van der Waals surface area (Å²) in [5, 5.41) is 12.7. The Morgan fingerprint density at radius 3 is 1.24 bits per heavy atom. The van der Waals surface area contributed by atoms with Gasteiger partial charge in [0, 0.05) is 43.6 Å². The van der Waals surface area contributed by atoms with Crippen LogP contribution in [0.15, 0.2) is 273 Å². The van der Waals surface area contributed by atoms with Crippen LogP contribution in [0.3, 0.4) is 0 Å². The average Bonchev–Trinajstić information content (AvgIpc) is 4.08. The fraction of sp³-hybridized carbons (Fsp3) is 0. The summed E-state index contributed by atoms with van der Waals surface area (Å²) in [6, 6.07) is 101. The van der Waals surface area contributed by atoms with Crippen molar-refractivity contribution in [2.75, 3.05) is 0 Å². The van der Waals surface area contributed by atoms with Crippen LogP contribution in [0.1, 0.15) is 0 Å². The monoisotopic (exact) mass is 907 g/mol. The highest BCUT2D eigenvalue weighted by atomic mass is 28.3. The normalized spacial score (nSPS) is 12.0. The van der Waals surface area contributed by atoms with E-state index in [0.29, 0.717) is 0 Å². The van der Waals surface area contributed by atoms with Crippen molar-refractivity contribution in [2.45, 2.75) is 0 Å². The van der Waals surface area contributed by atoms with Gasteiger partial charge in [-0.3, -0.25) is 0 Å². The molecule has 0 fully saturated rings. The smallest absolute Gasteiger partial charge is 0.179 e. The first-order valence-corrected chi connectivity index (χ1v) is 26.2. The van der Waals surface area contributed by atoms with Gasteiger partial charge in [0.05, 0.1) is 44.5 Å². The lowest BCUT2D eigenvalue weighted by atomic mass is 10.0. The number of para-hydroxylation sites is 5. The van der Waals surface area contributed by atoms with E-state index in [9.17, 15) is 0 Å². The van der Waals surface area contributed by atoms with E-state index in [0.717, 1.165) is 22.6 Å². The van der Waals surface area contributed by atoms with Crippen molar-refractivity contribution in [3.8, 4) is 28.2 Å². The maximum absolute atomic E-state index is 2.91. The molecule has 0 aliphatic carbocycles. The third kappa shape index (κ3) is 5.94. The first kappa shape index (κ1) is 40.1. The molecule has 70 heavy (non-hydrogen) atoms. The number of benzene rings is 11. The maximum atomic E-state index is 2.58. The number of nitrogens with zero attached hydrogens (tertiary/aromatic N) is 3. The van der Waals surface area contributed by atoms with Gasteiger partial charge < -0.3 is 13.7 Å². The van der Waals surface area contributed by atoms with E-state index in [2.05, 4.69) is 287 Å². The molecule has 11 aromatic carbocycles. The van der Waals surface area contributed by atoms with Crippen molar-refractivity contribution < 1.29 is 0 Å². The molecule has 0 radical (unpaired) electrons. The standard InChI is InChI=1S/C66H45N3Si/c1-5-22-46(23-6-1)52-30-13-17-35-59(52)69-62-38-20-16-33-55(62)56-42-40-47(44-64(56)69)67-65-45-51(70(48-24-7-2-8-25-48,49-26-9-3-10-27-49)50-28-11-4-12-29-50)41-43-57(65)58-34-21-39-63(66(58)67)68-60-36-18-14-31-53(60)54-32-15-19-37-61(54)68/h1-45H. The minimum absolute atomic E-state index is 1.10. The maximum Gasteiger partial charge on any atom is 0.179 e. The predicted molar refractivity (Wildman–Crippen MR) is 299 cm³/mol. The van der Waals surface area contributed by atoms with Gasteiger partial charge in [-0.05, 0) is 74.8 Å². The molecular weight excluding hydrogens is 863 g/mol. The quantitative estimate of drug-likeness (QED) is 0.107. The largest absolute Gasteiger partial charge is 0.309 e. The summed E-state index contributed by atoms with van der Waals surface area (Å²) in [4.78, 5) is 0. The van der Waals surface area contributed by atoms with Gasteiger partial charge in [0.2, 0.25) is 0 Å². The van der Waals surface area contributed by atoms with Gasteiger partial charge >= 0.3 is 0 Å². The molecule has 0 aliphatic rings. The highest BCUT2D eigenvalue weighted by Gasteiger charge is 2.41. The summed E-state index contributed by atoms with van der Waals surface area (Å²) >= 11 is 0. The molecule has 0 unspecified atom stereocenters. The molecular formula is C66H45N3Si. The van der Waals surface area contributed by atoms with E-state index >= 15 is 0 Å². The van der Waals surface area contributed by atoms with Crippen LogP contribution in [0.4, 0.5) is 0 Å². The van der Waals surface area contributed by atoms with Gasteiger partial charge in [-0.25, -0.2) is 0 Å². The molecule has 0 bridgehead atoms. The summed E-state index contributed by atoms with van der Waals surface area (Å²) in [6.45, 7) is 0. The van der Waals surface area contributed by atoms with Gasteiger partial charge in [0.1, 0.15) is 0 Å². The molecule has 0 N–H and O–H groups in total. The number of fused-ring (bicyclic) bond motifs is 9. The van der Waals surface area contributed by atoms with Crippen LogP contribution >= 0.6 is 0 Å². The van der Waals surface area contributed by atoms with Gasteiger partial charge in [-0.15, -0.1) is 0 Å². The molecule has 14 aromatic rings. The van der Waals surface area contributed by atoms with Crippen molar-refractivity contribution >= 4 is 94.2 Å². The van der Waals surface area contributed by atoms with Crippen molar-refractivity contribution in [3.63, 3.8) is 0 Å². The van der Waals surface area contributed by atoms with Gasteiger partial charge in [-0.2, -0.15) is 0 Å². The second-order valence-corrected chi connectivity index (χ2v) is 22.2. The Bertz CT molecular complexity index is 4130. The summed E-state index contributed by atoms with van der Waals surface area (Å²) in [7, 11) is -2.91. The fourth-order valence-corrected chi connectivity index (χ4v) is 16.6. The van der Waals surface area contributed by atoms with Crippen molar-refractivity contribution in [2.24, 2.45) is 0 Å². The summed E-state index contributed by atoms with van der Waals surface area (Å²) in [6.07, 6.45) is 0. The molecule has 3 aromatic heterocycles. The second kappa shape index (κ2) is 16.1. The molecule has 0 amide bonds.